The van der Waals surface area contributed by atoms with Crippen molar-refractivity contribution in [2.45, 2.75) is 26.8 Å². The van der Waals surface area contributed by atoms with Gasteiger partial charge in [0, 0.05) is 24.8 Å². The third-order valence-corrected chi connectivity index (χ3v) is 4.16. The number of nitrogens with one attached hydrogen (secondary N) is 1. The molecule has 2 amide bonds. The lowest BCUT2D eigenvalue weighted by Gasteiger charge is -2.21. The molecular weight excluding hydrogens is 356 g/mol. The van der Waals surface area contributed by atoms with Crippen molar-refractivity contribution >= 4 is 17.5 Å². The molecule has 144 valence electrons. The first-order valence-electron chi connectivity index (χ1n) is 8.98. The van der Waals surface area contributed by atoms with Crippen molar-refractivity contribution in [2.24, 2.45) is 0 Å². The summed E-state index contributed by atoms with van der Waals surface area (Å²) in [6.45, 7) is 4.26. The van der Waals surface area contributed by atoms with Gasteiger partial charge in [0.25, 0.3) is 5.91 Å². The van der Waals surface area contributed by atoms with Crippen LogP contribution in [0.25, 0.3) is 0 Å². The van der Waals surface area contributed by atoms with Crippen molar-refractivity contribution in [3.8, 4) is 0 Å². The minimum Gasteiger partial charge on any atom is -0.467 e. The van der Waals surface area contributed by atoms with Crippen LogP contribution in [0.2, 0.25) is 0 Å². The van der Waals surface area contributed by atoms with Crippen LogP contribution in [0.3, 0.4) is 0 Å². The predicted octanol–water partition coefficient (Wildman–Crippen LogP) is 3.36. The average Bonchev–Trinajstić information content (AvgIpc) is 3.20. The smallest absolute Gasteiger partial charge is 0.274 e. The van der Waals surface area contributed by atoms with Gasteiger partial charge in [-0.1, -0.05) is 17.7 Å². The molecular formula is C21H22N4O3. The van der Waals surface area contributed by atoms with Gasteiger partial charge in [0.2, 0.25) is 5.91 Å². The second-order valence-corrected chi connectivity index (χ2v) is 6.51. The van der Waals surface area contributed by atoms with Crippen LogP contribution in [0.1, 0.15) is 33.9 Å². The Hall–Kier alpha value is -3.48. The van der Waals surface area contributed by atoms with E-state index in [0.29, 0.717) is 5.76 Å². The van der Waals surface area contributed by atoms with Crippen LogP contribution in [0.15, 0.2) is 59.5 Å². The van der Waals surface area contributed by atoms with E-state index in [2.05, 4.69) is 15.3 Å². The molecule has 7 heteroatoms. The Morgan fingerprint density at radius 2 is 1.86 bits per heavy atom. The summed E-state index contributed by atoms with van der Waals surface area (Å²) in [6, 6.07) is 11.1. The van der Waals surface area contributed by atoms with E-state index >= 15 is 0 Å². The molecule has 0 radical (unpaired) electrons. The van der Waals surface area contributed by atoms with Crippen molar-refractivity contribution in [2.75, 3.05) is 11.9 Å². The molecule has 0 unspecified atom stereocenters. The highest BCUT2D eigenvalue weighted by Gasteiger charge is 2.20. The first-order valence-corrected chi connectivity index (χ1v) is 8.98. The molecule has 3 aromatic rings. The molecule has 0 saturated heterocycles. The monoisotopic (exact) mass is 378 g/mol. The molecule has 0 bridgehead atoms. The lowest BCUT2D eigenvalue weighted by Crippen LogP contribution is -2.34. The van der Waals surface area contributed by atoms with Crippen molar-refractivity contribution in [1.29, 1.82) is 0 Å². The molecule has 3 rings (SSSR count). The lowest BCUT2D eigenvalue weighted by molar-refractivity contribution is -0.116. The number of hydrogen-bond acceptors (Lipinski definition) is 5. The summed E-state index contributed by atoms with van der Waals surface area (Å²) < 4.78 is 5.35. The van der Waals surface area contributed by atoms with E-state index in [1.165, 1.54) is 11.1 Å². The molecule has 2 heterocycles. The molecule has 0 aliphatic carbocycles. The number of nitrogens with zero attached hydrogens (tertiary/aromatic N) is 3. The Bertz CT molecular complexity index is 919. The summed E-state index contributed by atoms with van der Waals surface area (Å²) in [5, 5.41) is 2.84. The summed E-state index contributed by atoms with van der Waals surface area (Å²) in [5.41, 5.74) is 2.80. The number of benzene rings is 1. The number of amides is 2. The highest BCUT2D eigenvalue weighted by atomic mass is 16.3. The van der Waals surface area contributed by atoms with Gasteiger partial charge in [0.15, 0.2) is 0 Å². The van der Waals surface area contributed by atoms with Crippen molar-refractivity contribution < 1.29 is 14.0 Å². The zero-order valence-electron chi connectivity index (χ0n) is 15.9. The van der Waals surface area contributed by atoms with Crippen molar-refractivity contribution in [1.82, 2.24) is 14.9 Å². The van der Waals surface area contributed by atoms with Gasteiger partial charge in [-0.3, -0.25) is 14.6 Å². The Morgan fingerprint density at radius 1 is 1.07 bits per heavy atom. The topological polar surface area (TPSA) is 88.3 Å². The molecule has 0 atom stereocenters. The number of hydrogen-bond donors (Lipinski definition) is 1. The van der Waals surface area contributed by atoms with Crippen LogP contribution in [0.5, 0.6) is 0 Å². The van der Waals surface area contributed by atoms with Gasteiger partial charge >= 0.3 is 0 Å². The van der Waals surface area contributed by atoms with Crippen LogP contribution < -0.4 is 5.32 Å². The first-order chi connectivity index (χ1) is 13.5. The molecule has 2 aromatic heterocycles. The normalized spacial score (nSPS) is 10.5. The number of furan rings is 1. The van der Waals surface area contributed by atoms with Gasteiger partial charge in [-0.25, -0.2) is 4.98 Å². The maximum Gasteiger partial charge on any atom is 0.274 e. The minimum atomic E-state index is -0.299. The predicted molar refractivity (Wildman–Crippen MR) is 105 cm³/mol. The highest BCUT2D eigenvalue weighted by molar-refractivity contribution is 5.93. The van der Waals surface area contributed by atoms with Crippen LogP contribution >= 0.6 is 0 Å². The number of aryl methyl sites for hydroxylation is 2. The van der Waals surface area contributed by atoms with Crippen LogP contribution in [0, 0.1) is 13.8 Å². The second kappa shape index (κ2) is 8.94. The first kappa shape index (κ1) is 19.3. The summed E-state index contributed by atoms with van der Waals surface area (Å²) in [5.74, 6) is 0.162. The highest BCUT2D eigenvalue weighted by Crippen LogP contribution is 2.12. The summed E-state index contributed by atoms with van der Waals surface area (Å²) >= 11 is 0. The molecule has 0 spiro atoms. The maximum atomic E-state index is 12.8. The lowest BCUT2D eigenvalue weighted by atomic mass is 10.2. The quantitative estimate of drug-likeness (QED) is 0.681. The number of rotatable bonds is 7. The number of aromatic nitrogens is 2. The van der Waals surface area contributed by atoms with E-state index in [0.717, 1.165) is 16.9 Å². The zero-order valence-corrected chi connectivity index (χ0v) is 15.9. The third kappa shape index (κ3) is 5.26. The second-order valence-electron chi connectivity index (χ2n) is 6.51. The molecule has 0 saturated carbocycles. The Kier molecular flexibility index (Phi) is 6.16. The van der Waals surface area contributed by atoms with E-state index in [-0.39, 0.29) is 37.0 Å². The standard InChI is InChI=1S/C21H22N4O3/c1-15-5-7-17(8-6-15)24-20(26)9-10-25(14-18-4-3-11-28-18)21(27)19-13-22-16(2)12-23-19/h3-8,11-13H,9-10,14H2,1-2H3,(H,24,26). The van der Waals surface area contributed by atoms with Gasteiger partial charge < -0.3 is 14.6 Å². The van der Waals surface area contributed by atoms with Crippen LogP contribution in [0.4, 0.5) is 5.69 Å². The molecule has 1 N–H and O–H groups in total. The van der Waals surface area contributed by atoms with E-state index in [4.69, 9.17) is 4.42 Å². The maximum absolute atomic E-state index is 12.8. The molecule has 0 fully saturated rings. The third-order valence-electron chi connectivity index (χ3n) is 4.16. The van der Waals surface area contributed by atoms with Gasteiger partial charge in [-0.15, -0.1) is 0 Å². The minimum absolute atomic E-state index is 0.152. The van der Waals surface area contributed by atoms with Crippen LogP contribution in [-0.4, -0.2) is 33.2 Å². The van der Waals surface area contributed by atoms with Gasteiger partial charge in [-0.05, 0) is 38.1 Å². The van der Waals surface area contributed by atoms with Crippen molar-refractivity contribution in [3.63, 3.8) is 0 Å². The summed E-state index contributed by atoms with van der Waals surface area (Å²) in [7, 11) is 0. The van der Waals surface area contributed by atoms with Crippen LogP contribution in [-0.2, 0) is 11.3 Å². The molecule has 1 aromatic carbocycles. The fourth-order valence-corrected chi connectivity index (χ4v) is 2.60. The zero-order chi connectivity index (χ0) is 19.9. The molecule has 28 heavy (non-hydrogen) atoms. The van der Waals surface area contributed by atoms with E-state index < -0.39 is 0 Å². The SMILES string of the molecule is Cc1ccc(NC(=O)CCN(Cc2ccco2)C(=O)c2cnc(C)cn2)cc1. The number of carbonyl (C=O) groups excluding carboxylic acids is 2. The Balaban J connectivity index is 1.66. The molecule has 0 aliphatic heterocycles. The van der Waals surface area contributed by atoms with Crippen molar-refractivity contribution in [3.05, 3.63) is 77.8 Å². The number of carbonyl (C=O) groups is 2. The molecule has 0 aliphatic rings. The van der Waals surface area contributed by atoms with E-state index in [9.17, 15) is 9.59 Å². The Labute approximate surface area is 163 Å². The fourth-order valence-electron chi connectivity index (χ4n) is 2.60. The Morgan fingerprint density at radius 3 is 2.50 bits per heavy atom. The number of anilines is 1. The average molecular weight is 378 g/mol. The van der Waals surface area contributed by atoms with Gasteiger partial charge in [-0.2, -0.15) is 0 Å². The molecule has 7 nitrogen and oxygen atoms in total. The summed E-state index contributed by atoms with van der Waals surface area (Å²) in [6.07, 6.45) is 4.69. The fraction of sp³-hybridized carbons (Fsp3) is 0.238. The van der Waals surface area contributed by atoms with Gasteiger partial charge in [0.1, 0.15) is 11.5 Å². The summed E-state index contributed by atoms with van der Waals surface area (Å²) in [4.78, 5) is 35.0. The van der Waals surface area contributed by atoms with E-state index in [1.54, 1.807) is 31.5 Å². The van der Waals surface area contributed by atoms with Gasteiger partial charge in [0.05, 0.1) is 24.7 Å². The largest absolute Gasteiger partial charge is 0.467 e. The van der Waals surface area contributed by atoms with E-state index in [1.807, 2.05) is 31.2 Å².